The van der Waals surface area contributed by atoms with E-state index < -0.39 is 0 Å². The first-order chi connectivity index (χ1) is 13.2. The van der Waals surface area contributed by atoms with Crippen molar-refractivity contribution in [3.8, 4) is 11.5 Å². The number of hydrogen-bond donors (Lipinski definition) is 0. The third-order valence-electron chi connectivity index (χ3n) is 4.87. The summed E-state index contributed by atoms with van der Waals surface area (Å²) in [6.45, 7) is 7.68. The second-order valence-corrected chi connectivity index (χ2v) is 7.37. The smallest absolute Gasteiger partial charge is 0.131 e. The van der Waals surface area contributed by atoms with Crippen molar-refractivity contribution in [3.63, 3.8) is 0 Å². The molecule has 0 saturated carbocycles. The van der Waals surface area contributed by atoms with Crippen molar-refractivity contribution in [2.75, 3.05) is 33.4 Å². The first-order valence-electron chi connectivity index (χ1n) is 9.54. The standard InChI is InChI=1S/C22H27BrN2O2/c1-4-25-14-13-24-22(25)19-7-6-8-21(27-5-2)18(19)11-9-16-15-17(23)10-12-20(16)26-3/h6-8,10,12,15H,4-5,9,11,13-14H2,1-3H3. The summed E-state index contributed by atoms with van der Waals surface area (Å²) in [6.07, 6.45) is 1.74. The number of methoxy groups -OCH3 is 1. The molecule has 0 bridgehead atoms. The zero-order valence-corrected chi connectivity index (χ0v) is 17.9. The molecular formula is C22H27BrN2O2. The number of rotatable bonds is 8. The van der Waals surface area contributed by atoms with Crippen LogP contribution in [0.1, 0.15) is 30.5 Å². The average molecular weight is 431 g/mol. The number of nitrogens with zero attached hydrogens (tertiary/aromatic N) is 2. The van der Waals surface area contributed by atoms with Crippen molar-refractivity contribution in [1.29, 1.82) is 0 Å². The van der Waals surface area contributed by atoms with Crippen LogP contribution in [0.5, 0.6) is 11.5 Å². The van der Waals surface area contributed by atoms with Crippen LogP contribution < -0.4 is 9.47 Å². The SMILES string of the molecule is CCOc1cccc(C2=NCCN2CC)c1CCc1cc(Br)ccc1OC. The van der Waals surface area contributed by atoms with Crippen LogP contribution in [-0.2, 0) is 12.8 Å². The lowest BCUT2D eigenvalue weighted by atomic mass is 9.97. The van der Waals surface area contributed by atoms with Gasteiger partial charge in [-0.05, 0) is 56.5 Å². The lowest BCUT2D eigenvalue weighted by Gasteiger charge is -2.22. The van der Waals surface area contributed by atoms with Gasteiger partial charge in [-0.2, -0.15) is 0 Å². The topological polar surface area (TPSA) is 34.1 Å². The highest BCUT2D eigenvalue weighted by Gasteiger charge is 2.22. The van der Waals surface area contributed by atoms with Crippen molar-refractivity contribution in [2.24, 2.45) is 4.99 Å². The largest absolute Gasteiger partial charge is 0.496 e. The van der Waals surface area contributed by atoms with Crippen LogP contribution in [0.15, 0.2) is 45.9 Å². The Balaban J connectivity index is 1.95. The second kappa shape index (κ2) is 9.27. The van der Waals surface area contributed by atoms with E-state index in [4.69, 9.17) is 14.5 Å². The molecule has 1 aliphatic rings. The fraction of sp³-hybridized carbons (Fsp3) is 0.409. The Labute approximate surface area is 170 Å². The fourth-order valence-electron chi connectivity index (χ4n) is 3.57. The molecule has 2 aromatic rings. The van der Waals surface area contributed by atoms with Gasteiger partial charge in [0.25, 0.3) is 0 Å². The molecule has 5 heteroatoms. The highest BCUT2D eigenvalue weighted by molar-refractivity contribution is 9.10. The van der Waals surface area contributed by atoms with Gasteiger partial charge in [-0.15, -0.1) is 0 Å². The second-order valence-electron chi connectivity index (χ2n) is 6.46. The lowest BCUT2D eigenvalue weighted by molar-refractivity contribution is 0.336. The molecule has 0 radical (unpaired) electrons. The molecule has 0 aromatic heterocycles. The predicted molar refractivity (Wildman–Crippen MR) is 114 cm³/mol. The van der Waals surface area contributed by atoms with Gasteiger partial charge in [0.05, 0.1) is 20.3 Å². The van der Waals surface area contributed by atoms with E-state index in [-0.39, 0.29) is 0 Å². The molecule has 27 heavy (non-hydrogen) atoms. The van der Waals surface area contributed by atoms with Gasteiger partial charge in [0, 0.05) is 28.7 Å². The van der Waals surface area contributed by atoms with Crippen molar-refractivity contribution in [2.45, 2.75) is 26.7 Å². The molecule has 0 fully saturated rings. The van der Waals surface area contributed by atoms with Crippen LogP contribution in [0.3, 0.4) is 0 Å². The predicted octanol–water partition coefficient (Wildman–Crippen LogP) is 4.72. The Morgan fingerprint density at radius 2 is 1.96 bits per heavy atom. The van der Waals surface area contributed by atoms with Crippen LogP contribution in [-0.4, -0.2) is 44.1 Å². The number of hydrogen-bond acceptors (Lipinski definition) is 4. The first kappa shape index (κ1) is 19.7. The quantitative estimate of drug-likeness (QED) is 0.607. The number of likely N-dealkylation sites (N-methyl/N-ethyl adjacent to an activating group) is 1. The number of aryl methyl sites for hydroxylation is 1. The summed E-state index contributed by atoms with van der Waals surface area (Å²) in [5, 5.41) is 0. The van der Waals surface area contributed by atoms with Gasteiger partial charge in [0.2, 0.25) is 0 Å². The first-order valence-corrected chi connectivity index (χ1v) is 10.3. The summed E-state index contributed by atoms with van der Waals surface area (Å²) >= 11 is 3.57. The molecular weight excluding hydrogens is 404 g/mol. The minimum atomic E-state index is 0.653. The molecule has 4 nitrogen and oxygen atoms in total. The number of benzene rings is 2. The minimum absolute atomic E-state index is 0.653. The van der Waals surface area contributed by atoms with Gasteiger partial charge in [0.1, 0.15) is 17.3 Å². The molecule has 0 amide bonds. The Bertz CT molecular complexity index is 820. The maximum atomic E-state index is 5.96. The molecule has 1 heterocycles. The molecule has 0 unspecified atom stereocenters. The van der Waals surface area contributed by atoms with E-state index in [1.165, 1.54) is 16.7 Å². The van der Waals surface area contributed by atoms with Crippen LogP contribution in [0.4, 0.5) is 0 Å². The van der Waals surface area contributed by atoms with Crippen LogP contribution in [0.25, 0.3) is 0 Å². The van der Waals surface area contributed by atoms with Gasteiger partial charge in [-0.3, -0.25) is 4.99 Å². The maximum Gasteiger partial charge on any atom is 0.131 e. The molecule has 0 saturated heterocycles. The van der Waals surface area contributed by atoms with E-state index in [2.05, 4.69) is 52.0 Å². The highest BCUT2D eigenvalue weighted by atomic mass is 79.9. The Hall–Kier alpha value is -2.01. The van der Waals surface area contributed by atoms with Crippen molar-refractivity contribution >= 4 is 21.8 Å². The molecule has 144 valence electrons. The van der Waals surface area contributed by atoms with Gasteiger partial charge in [-0.1, -0.05) is 28.1 Å². The van der Waals surface area contributed by atoms with E-state index >= 15 is 0 Å². The van der Waals surface area contributed by atoms with E-state index in [1.807, 2.05) is 19.1 Å². The molecule has 2 aromatic carbocycles. The Morgan fingerprint density at radius 1 is 1.11 bits per heavy atom. The molecule has 0 aliphatic carbocycles. The Kier molecular flexibility index (Phi) is 6.78. The van der Waals surface area contributed by atoms with E-state index in [9.17, 15) is 0 Å². The van der Waals surface area contributed by atoms with Gasteiger partial charge < -0.3 is 14.4 Å². The zero-order chi connectivity index (χ0) is 19.2. The Morgan fingerprint density at radius 3 is 2.70 bits per heavy atom. The average Bonchev–Trinajstić information content (AvgIpc) is 3.16. The number of amidine groups is 1. The van der Waals surface area contributed by atoms with Crippen molar-refractivity contribution < 1.29 is 9.47 Å². The summed E-state index contributed by atoms with van der Waals surface area (Å²) in [7, 11) is 1.72. The van der Waals surface area contributed by atoms with Gasteiger partial charge >= 0.3 is 0 Å². The van der Waals surface area contributed by atoms with Crippen LogP contribution in [0.2, 0.25) is 0 Å². The van der Waals surface area contributed by atoms with Crippen LogP contribution in [0, 0.1) is 0 Å². The van der Waals surface area contributed by atoms with Crippen LogP contribution >= 0.6 is 15.9 Å². The summed E-state index contributed by atoms with van der Waals surface area (Å²) in [4.78, 5) is 7.12. The fourth-order valence-corrected chi connectivity index (χ4v) is 3.98. The molecule has 3 rings (SSSR count). The van der Waals surface area contributed by atoms with Crippen molar-refractivity contribution in [3.05, 3.63) is 57.6 Å². The van der Waals surface area contributed by atoms with E-state index in [1.54, 1.807) is 7.11 Å². The minimum Gasteiger partial charge on any atom is -0.496 e. The molecule has 0 spiro atoms. The van der Waals surface area contributed by atoms with Crippen molar-refractivity contribution in [1.82, 2.24) is 4.90 Å². The van der Waals surface area contributed by atoms with Gasteiger partial charge in [-0.25, -0.2) is 0 Å². The third-order valence-corrected chi connectivity index (χ3v) is 5.37. The zero-order valence-electron chi connectivity index (χ0n) is 16.3. The normalized spacial score (nSPS) is 13.6. The summed E-state index contributed by atoms with van der Waals surface area (Å²) < 4.78 is 12.6. The maximum absolute atomic E-state index is 5.96. The highest BCUT2D eigenvalue weighted by Crippen LogP contribution is 2.30. The number of halogens is 1. The van der Waals surface area contributed by atoms with E-state index in [0.717, 1.165) is 54.3 Å². The summed E-state index contributed by atoms with van der Waals surface area (Å²) in [6, 6.07) is 12.4. The third kappa shape index (κ3) is 4.46. The summed E-state index contributed by atoms with van der Waals surface area (Å²) in [5.41, 5.74) is 3.60. The monoisotopic (exact) mass is 430 g/mol. The number of ether oxygens (including phenoxy) is 2. The molecule has 0 atom stereocenters. The van der Waals surface area contributed by atoms with Gasteiger partial charge in [0.15, 0.2) is 0 Å². The molecule has 1 aliphatic heterocycles. The van der Waals surface area contributed by atoms with E-state index in [0.29, 0.717) is 6.61 Å². The number of aliphatic imine (C=N–C) groups is 1. The lowest BCUT2D eigenvalue weighted by Crippen LogP contribution is -2.29. The summed E-state index contributed by atoms with van der Waals surface area (Å²) in [5.74, 6) is 2.96. The molecule has 0 N–H and O–H groups in total.